The summed E-state index contributed by atoms with van der Waals surface area (Å²) >= 11 is 8.58. The van der Waals surface area contributed by atoms with Gasteiger partial charge < -0.3 is 9.73 Å². The normalized spacial score (nSPS) is 10.6. The molecule has 0 amide bonds. The van der Waals surface area contributed by atoms with Crippen LogP contribution in [0.5, 0.6) is 0 Å². The van der Waals surface area contributed by atoms with Crippen LogP contribution in [0.3, 0.4) is 0 Å². The van der Waals surface area contributed by atoms with Gasteiger partial charge in [-0.05, 0) is 45.7 Å². The van der Waals surface area contributed by atoms with Crippen molar-refractivity contribution >= 4 is 33.2 Å². The Morgan fingerprint density at radius 3 is 2.65 bits per heavy atom. The topological polar surface area (TPSA) is 25.2 Å². The van der Waals surface area contributed by atoms with Crippen LogP contribution < -0.4 is 5.32 Å². The summed E-state index contributed by atoms with van der Waals surface area (Å²) in [6.07, 6.45) is 0. The average molecular weight is 323 g/mol. The molecule has 0 atom stereocenters. The highest BCUT2D eigenvalue weighted by Gasteiger charge is 2.08. The van der Waals surface area contributed by atoms with Crippen LogP contribution in [0.2, 0.25) is 5.22 Å². The molecule has 0 saturated heterocycles. The Hall–Kier alpha value is -1.07. The molecule has 2 aromatic rings. The highest BCUT2D eigenvalue weighted by Crippen LogP contribution is 2.24. The zero-order valence-electron chi connectivity index (χ0n) is 8.44. The quantitative estimate of drug-likeness (QED) is 0.836. The molecule has 0 aliphatic carbocycles. The molecule has 0 unspecified atom stereocenters. The van der Waals surface area contributed by atoms with Gasteiger partial charge in [-0.3, -0.25) is 0 Å². The monoisotopic (exact) mass is 321 g/mol. The van der Waals surface area contributed by atoms with Gasteiger partial charge in [0.2, 0.25) is 0 Å². The average Bonchev–Trinajstić information content (AvgIpc) is 2.68. The van der Waals surface area contributed by atoms with Crippen LogP contribution >= 0.6 is 27.5 Å². The van der Waals surface area contributed by atoms with Gasteiger partial charge in [-0.15, -0.1) is 0 Å². The molecule has 1 aromatic heterocycles. The standard InChI is InChI=1S/C11H7BrClF2NO/c12-7-3-10(9(15)4-8(7)14)16-5-6-1-2-11(13)17-6/h1-4,16H,5H2. The first-order chi connectivity index (χ1) is 8.06. The van der Waals surface area contributed by atoms with Gasteiger partial charge in [-0.2, -0.15) is 0 Å². The summed E-state index contributed by atoms with van der Waals surface area (Å²) in [4.78, 5) is 0. The molecule has 1 heterocycles. The lowest BCUT2D eigenvalue weighted by atomic mass is 10.3. The second kappa shape index (κ2) is 5.06. The van der Waals surface area contributed by atoms with E-state index < -0.39 is 11.6 Å². The van der Waals surface area contributed by atoms with Crippen molar-refractivity contribution in [3.63, 3.8) is 0 Å². The van der Waals surface area contributed by atoms with E-state index in [1.54, 1.807) is 12.1 Å². The Balaban J connectivity index is 2.11. The molecule has 2 nitrogen and oxygen atoms in total. The van der Waals surface area contributed by atoms with E-state index in [2.05, 4.69) is 21.2 Å². The molecule has 6 heteroatoms. The van der Waals surface area contributed by atoms with Crippen molar-refractivity contribution in [1.29, 1.82) is 0 Å². The van der Waals surface area contributed by atoms with Crippen molar-refractivity contribution in [3.8, 4) is 0 Å². The Morgan fingerprint density at radius 2 is 2.00 bits per heavy atom. The largest absolute Gasteiger partial charge is 0.448 e. The molecule has 17 heavy (non-hydrogen) atoms. The molecule has 2 rings (SSSR count). The lowest BCUT2D eigenvalue weighted by Gasteiger charge is -2.07. The van der Waals surface area contributed by atoms with Gasteiger partial charge in [0.25, 0.3) is 0 Å². The van der Waals surface area contributed by atoms with Gasteiger partial charge in [-0.1, -0.05) is 0 Å². The number of anilines is 1. The maximum atomic E-state index is 13.4. The molecule has 0 saturated carbocycles. The van der Waals surface area contributed by atoms with Gasteiger partial charge in [0.1, 0.15) is 17.4 Å². The van der Waals surface area contributed by atoms with Crippen molar-refractivity contribution in [3.05, 3.63) is 51.4 Å². The second-order valence-corrected chi connectivity index (χ2v) is 4.53. The van der Waals surface area contributed by atoms with Crippen molar-refractivity contribution in [2.24, 2.45) is 0 Å². The first-order valence-corrected chi connectivity index (χ1v) is 5.86. The van der Waals surface area contributed by atoms with E-state index in [4.69, 9.17) is 16.0 Å². The smallest absolute Gasteiger partial charge is 0.193 e. The number of benzene rings is 1. The highest BCUT2D eigenvalue weighted by atomic mass is 79.9. The van der Waals surface area contributed by atoms with Crippen molar-refractivity contribution < 1.29 is 13.2 Å². The van der Waals surface area contributed by atoms with Gasteiger partial charge in [0.05, 0.1) is 16.7 Å². The molecule has 0 bridgehead atoms. The number of hydrogen-bond donors (Lipinski definition) is 1. The number of furan rings is 1. The number of halogens is 4. The fourth-order valence-corrected chi connectivity index (χ4v) is 1.79. The van der Waals surface area contributed by atoms with Crippen molar-refractivity contribution in [2.45, 2.75) is 6.54 Å². The Bertz CT molecular complexity index is 544. The molecule has 0 spiro atoms. The number of rotatable bonds is 3. The van der Waals surface area contributed by atoms with Gasteiger partial charge in [0, 0.05) is 6.07 Å². The summed E-state index contributed by atoms with van der Waals surface area (Å²) < 4.78 is 31.6. The van der Waals surface area contributed by atoms with Crippen LogP contribution in [-0.4, -0.2) is 0 Å². The Labute approximate surface area is 110 Å². The van der Waals surface area contributed by atoms with E-state index in [0.717, 1.165) is 6.07 Å². The predicted molar refractivity (Wildman–Crippen MR) is 65.1 cm³/mol. The summed E-state index contributed by atoms with van der Waals surface area (Å²) in [7, 11) is 0. The van der Waals surface area contributed by atoms with Gasteiger partial charge in [0.15, 0.2) is 5.22 Å². The summed E-state index contributed by atoms with van der Waals surface area (Å²) in [5.74, 6) is -0.743. The van der Waals surface area contributed by atoms with Crippen molar-refractivity contribution in [1.82, 2.24) is 0 Å². The summed E-state index contributed by atoms with van der Waals surface area (Å²) in [5, 5.41) is 3.05. The third-order valence-corrected chi connectivity index (χ3v) is 2.90. The van der Waals surface area contributed by atoms with Crippen LogP contribution in [-0.2, 0) is 6.54 Å². The van der Waals surface area contributed by atoms with Gasteiger partial charge >= 0.3 is 0 Å². The highest BCUT2D eigenvalue weighted by molar-refractivity contribution is 9.10. The van der Waals surface area contributed by atoms with E-state index in [1.165, 1.54) is 6.07 Å². The van der Waals surface area contributed by atoms with Gasteiger partial charge in [-0.25, -0.2) is 8.78 Å². The van der Waals surface area contributed by atoms with E-state index in [1.807, 2.05) is 0 Å². The van der Waals surface area contributed by atoms with E-state index in [9.17, 15) is 8.78 Å². The first kappa shape index (κ1) is 12.4. The minimum atomic E-state index is -0.664. The minimum absolute atomic E-state index is 0.186. The molecular weight excluding hydrogens is 315 g/mol. The van der Waals surface area contributed by atoms with Crippen LogP contribution in [0.4, 0.5) is 14.5 Å². The molecule has 0 aliphatic heterocycles. The molecule has 1 N–H and O–H groups in total. The first-order valence-electron chi connectivity index (χ1n) is 4.69. The van der Waals surface area contributed by atoms with E-state index in [-0.39, 0.29) is 21.9 Å². The fourth-order valence-electron chi connectivity index (χ4n) is 1.29. The van der Waals surface area contributed by atoms with E-state index >= 15 is 0 Å². The zero-order chi connectivity index (χ0) is 12.4. The van der Waals surface area contributed by atoms with Crippen LogP contribution in [0.1, 0.15) is 5.76 Å². The molecule has 0 fully saturated rings. The summed E-state index contributed by atoms with van der Waals surface area (Å²) in [6, 6.07) is 5.40. The second-order valence-electron chi connectivity index (χ2n) is 3.31. The van der Waals surface area contributed by atoms with Crippen LogP contribution in [0.25, 0.3) is 0 Å². The third kappa shape index (κ3) is 2.98. The SMILES string of the molecule is Fc1cc(F)c(NCc2ccc(Cl)o2)cc1Br. The van der Waals surface area contributed by atoms with Crippen LogP contribution in [0, 0.1) is 11.6 Å². The predicted octanol–water partition coefficient (Wildman–Crippen LogP) is 4.59. The van der Waals surface area contributed by atoms with Crippen molar-refractivity contribution in [2.75, 3.05) is 5.32 Å². The molecule has 90 valence electrons. The zero-order valence-corrected chi connectivity index (χ0v) is 10.8. The Morgan fingerprint density at radius 1 is 1.24 bits per heavy atom. The summed E-state index contributed by atoms with van der Waals surface area (Å²) in [6.45, 7) is 0.266. The van der Waals surface area contributed by atoms with Crippen LogP contribution in [0.15, 0.2) is 33.2 Å². The van der Waals surface area contributed by atoms with E-state index in [0.29, 0.717) is 5.76 Å². The minimum Gasteiger partial charge on any atom is -0.448 e. The summed E-state index contributed by atoms with van der Waals surface area (Å²) in [5.41, 5.74) is 0.186. The maximum absolute atomic E-state index is 13.4. The molecular formula is C11H7BrClF2NO. The lowest BCUT2D eigenvalue weighted by Crippen LogP contribution is -2.01. The fraction of sp³-hybridized carbons (Fsp3) is 0.0909. The molecule has 1 aromatic carbocycles. The number of nitrogens with one attached hydrogen (secondary N) is 1. The molecule has 0 radical (unpaired) electrons. The third-order valence-electron chi connectivity index (χ3n) is 2.09. The maximum Gasteiger partial charge on any atom is 0.193 e. The Kier molecular flexibility index (Phi) is 3.69. The number of hydrogen-bond acceptors (Lipinski definition) is 2. The molecule has 0 aliphatic rings. The lowest BCUT2D eigenvalue weighted by molar-refractivity contribution is 0.519.